The minimum absolute atomic E-state index is 0.000515. The smallest absolute Gasteiger partial charge is 0.225 e. The molecule has 1 aliphatic rings. The molecule has 2 heterocycles. The van der Waals surface area contributed by atoms with Gasteiger partial charge in [-0.25, -0.2) is 0 Å². The maximum Gasteiger partial charge on any atom is 0.225 e. The summed E-state index contributed by atoms with van der Waals surface area (Å²) in [5.41, 5.74) is 1.80. The van der Waals surface area contributed by atoms with Gasteiger partial charge in [0.25, 0.3) is 0 Å². The quantitative estimate of drug-likeness (QED) is 0.886. The molecule has 1 aromatic carbocycles. The maximum absolute atomic E-state index is 11.7. The maximum atomic E-state index is 11.7. The lowest BCUT2D eigenvalue weighted by Gasteiger charge is -2.23. The molecular formula is C14H13NO3S. The van der Waals surface area contributed by atoms with Gasteiger partial charge in [0.15, 0.2) is 11.5 Å². The zero-order valence-corrected chi connectivity index (χ0v) is 11.2. The van der Waals surface area contributed by atoms with Crippen LogP contribution in [0.25, 0.3) is 0 Å². The topological polar surface area (TPSA) is 58.6 Å². The molecule has 1 aliphatic heterocycles. The molecule has 3 rings (SSSR count). The van der Waals surface area contributed by atoms with E-state index < -0.39 is 0 Å². The van der Waals surface area contributed by atoms with Gasteiger partial charge in [0, 0.05) is 17.2 Å². The number of anilines is 1. The molecule has 0 bridgehead atoms. The Morgan fingerprint density at radius 2 is 2.26 bits per heavy atom. The zero-order valence-electron chi connectivity index (χ0n) is 10.3. The lowest BCUT2D eigenvalue weighted by atomic mass is 9.90. The number of carbonyl (C=O) groups is 1. The minimum atomic E-state index is 0.000515. The first-order valence-electron chi connectivity index (χ1n) is 5.93. The van der Waals surface area contributed by atoms with Crippen molar-refractivity contribution in [2.45, 2.75) is 12.3 Å². The second-order valence-electron chi connectivity index (χ2n) is 4.43. The van der Waals surface area contributed by atoms with E-state index in [9.17, 15) is 9.90 Å². The molecule has 0 aliphatic carbocycles. The molecule has 0 fully saturated rings. The summed E-state index contributed by atoms with van der Waals surface area (Å²) < 4.78 is 5.04. The van der Waals surface area contributed by atoms with Gasteiger partial charge in [-0.1, -0.05) is 6.07 Å². The van der Waals surface area contributed by atoms with Crippen LogP contribution in [0.15, 0.2) is 29.6 Å². The van der Waals surface area contributed by atoms with Crippen molar-refractivity contribution in [3.05, 3.63) is 40.1 Å². The summed E-state index contributed by atoms with van der Waals surface area (Å²) in [6.07, 6.45) is 0.402. The molecule has 1 aromatic heterocycles. The second kappa shape index (κ2) is 4.59. The Morgan fingerprint density at radius 3 is 3.00 bits per heavy atom. The van der Waals surface area contributed by atoms with Crippen LogP contribution in [-0.4, -0.2) is 18.1 Å². The molecule has 0 saturated heterocycles. The van der Waals surface area contributed by atoms with E-state index in [0.717, 1.165) is 16.1 Å². The summed E-state index contributed by atoms with van der Waals surface area (Å²) in [7, 11) is 1.51. The first-order chi connectivity index (χ1) is 9.19. The van der Waals surface area contributed by atoms with Gasteiger partial charge < -0.3 is 15.2 Å². The summed E-state index contributed by atoms with van der Waals surface area (Å²) in [6, 6.07) is 7.20. The number of thiophene rings is 1. The van der Waals surface area contributed by atoms with Crippen molar-refractivity contribution < 1.29 is 14.6 Å². The van der Waals surface area contributed by atoms with Gasteiger partial charge in [-0.05, 0) is 29.1 Å². The van der Waals surface area contributed by atoms with Crippen molar-refractivity contribution in [3.8, 4) is 11.5 Å². The van der Waals surface area contributed by atoms with Crippen LogP contribution in [0.1, 0.15) is 22.8 Å². The third kappa shape index (κ3) is 2.06. The Kier molecular flexibility index (Phi) is 2.91. The third-order valence-electron chi connectivity index (χ3n) is 3.28. The highest BCUT2D eigenvalue weighted by Gasteiger charge is 2.28. The van der Waals surface area contributed by atoms with E-state index in [1.807, 2.05) is 17.5 Å². The third-order valence-corrected chi connectivity index (χ3v) is 4.31. The highest BCUT2D eigenvalue weighted by molar-refractivity contribution is 7.10. The Labute approximate surface area is 114 Å². The number of amides is 1. The first-order valence-corrected chi connectivity index (χ1v) is 6.81. The van der Waals surface area contributed by atoms with Crippen LogP contribution in [-0.2, 0) is 4.79 Å². The van der Waals surface area contributed by atoms with E-state index in [-0.39, 0.29) is 17.6 Å². The molecule has 4 nitrogen and oxygen atoms in total. The number of rotatable bonds is 2. The molecular weight excluding hydrogens is 262 g/mol. The van der Waals surface area contributed by atoms with Crippen molar-refractivity contribution in [3.63, 3.8) is 0 Å². The normalized spacial score (nSPS) is 17.7. The number of phenolic OH excluding ortho intramolecular Hbond substituents is 1. The van der Waals surface area contributed by atoms with E-state index in [1.165, 1.54) is 7.11 Å². The molecule has 0 spiro atoms. The lowest BCUT2D eigenvalue weighted by molar-refractivity contribution is -0.116. The Morgan fingerprint density at radius 1 is 1.42 bits per heavy atom. The van der Waals surface area contributed by atoms with Crippen molar-refractivity contribution in [1.82, 2.24) is 0 Å². The number of ether oxygens (including phenoxy) is 1. The monoisotopic (exact) mass is 275 g/mol. The van der Waals surface area contributed by atoms with Gasteiger partial charge in [0.2, 0.25) is 5.91 Å². The van der Waals surface area contributed by atoms with Crippen molar-refractivity contribution in [1.29, 1.82) is 0 Å². The Balaban J connectivity index is 2.03. The fourth-order valence-electron chi connectivity index (χ4n) is 2.37. The van der Waals surface area contributed by atoms with E-state index in [0.29, 0.717) is 12.2 Å². The van der Waals surface area contributed by atoms with Gasteiger partial charge in [0.05, 0.1) is 12.8 Å². The van der Waals surface area contributed by atoms with Gasteiger partial charge in [-0.3, -0.25) is 4.79 Å². The number of nitrogens with one attached hydrogen (secondary N) is 1. The van der Waals surface area contributed by atoms with Crippen LogP contribution in [0.4, 0.5) is 5.69 Å². The van der Waals surface area contributed by atoms with E-state index in [4.69, 9.17) is 4.74 Å². The number of fused-ring (bicyclic) bond motifs is 1. The number of hydrogen-bond donors (Lipinski definition) is 2. The number of carbonyl (C=O) groups excluding carboxylic acids is 1. The van der Waals surface area contributed by atoms with Crippen LogP contribution in [0, 0.1) is 0 Å². The van der Waals surface area contributed by atoms with Gasteiger partial charge in [-0.15, -0.1) is 11.3 Å². The molecule has 1 unspecified atom stereocenters. The number of hydrogen-bond acceptors (Lipinski definition) is 4. The lowest BCUT2D eigenvalue weighted by Crippen LogP contribution is -2.21. The van der Waals surface area contributed by atoms with Gasteiger partial charge in [0.1, 0.15) is 0 Å². The summed E-state index contributed by atoms with van der Waals surface area (Å²) in [6.45, 7) is 0. The summed E-state index contributed by atoms with van der Waals surface area (Å²) in [5.74, 6) is 0.547. The van der Waals surface area contributed by atoms with Crippen molar-refractivity contribution in [2.75, 3.05) is 12.4 Å². The molecule has 2 N–H and O–H groups in total. The summed E-state index contributed by atoms with van der Waals surface area (Å²) >= 11 is 1.62. The molecule has 1 atom stereocenters. The second-order valence-corrected chi connectivity index (χ2v) is 5.38. The largest absolute Gasteiger partial charge is 0.504 e. The summed E-state index contributed by atoms with van der Waals surface area (Å²) in [4.78, 5) is 12.9. The van der Waals surface area contributed by atoms with E-state index >= 15 is 0 Å². The average Bonchev–Trinajstić information content (AvgIpc) is 2.85. The van der Waals surface area contributed by atoms with Crippen LogP contribution in [0.5, 0.6) is 11.5 Å². The standard InChI is InChI=1S/C14H13NO3S/c1-18-12-3-2-8(6-11(12)16)9-7-13(17)15-10-4-5-19-14(9)10/h2-6,9,16H,7H2,1H3,(H,15,17). The highest BCUT2D eigenvalue weighted by Crippen LogP contribution is 2.42. The molecule has 2 aromatic rings. The fraction of sp³-hybridized carbons (Fsp3) is 0.214. The van der Waals surface area contributed by atoms with Crippen LogP contribution >= 0.6 is 11.3 Å². The molecule has 98 valence electrons. The molecule has 0 radical (unpaired) electrons. The van der Waals surface area contributed by atoms with Gasteiger partial charge in [-0.2, -0.15) is 0 Å². The van der Waals surface area contributed by atoms with Crippen LogP contribution in [0.3, 0.4) is 0 Å². The Hall–Kier alpha value is -2.01. The molecule has 0 saturated carbocycles. The van der Waals surface area contributed by atoms with E-state index in [1.54, 1.807) is 23.5 Å². The number of phenols is 1. The molecule has 19 heavy (non-hydrogen) atoms. The first kappa shape index (κ1) is 12.0. The molecule has 5 heteroatoms. The van der Waals surface area contributed by atoms with Crippen LogP contribution < -0.4 is 10.1 Å². The predicted molar refractivity (Wildman–Crippen MR) is 74.1 cm³/mol. The predicted octanol–water partition coefficient (Wildman–Crippen LogP) is 2.94. The number of benzene rings is 1. The number of methoxy groups -OCH3 is 1. The number of aromatic hydroxyl groups is 1. The zero-order chi connectivity index (χ0) is 13.4. The molecule has 1 amide bonds. The summed E-state index contributed by atoms with van der Waals surface area (Å²) in [5, 5.41) is 14.7. The fourth-order valence-corrected chi connectivity index (χ4v) is 3.35. The highest BCUT2D eigenvalue weighted by atomic mass is 32.1. The van der Waals surface area contributed by atoms with Gasteiger partial charge >= 0.3 is 0 Å². The average molecular weight is 275 g/mol. The van der Waals surface area contributed by atoms with Crippen LogP contribution in [0.2, 0.25) is 0 Å². The Bertz CT molecular complexity index is 635. The SMILES string of the molecule is COc1ccc(C2CC(=O)Nc3ccsc32)cc1O. The van der Waals surface area contributed by atoms with Crippen molar-refractivity contribution >= 4 is 22.9 Å². The minimum Gasteiger partial charge on any atom is -0.504 e. The van der Waals surface area contributed by atoms with Crippen molar-refractivity contribution in [2.24, 2.45) is 0 Å². The van der Waals surface area contributed by atoms with E-state index in [2.05, 4.69) is 5.32 Å².